The van der Waals surface area contributed by atoms with E-state index in [9.17, 15) is 14.0 Å². The van der Waals surface area contributed by atoms with Gasteiger partial charge in [0, 0.05) is 23.0 Å². The van der Waals surface area contributed by atoms with Crippen molar-refractivity contribution in [3.63, 3.8) is 0 Å². The first kappa shape index (κ1) is 20.5. The lowest BCUT2D eigenvalue weighted by molar-refractivity contribution is -0.116. The molecule has 1 N–H and O–H groups in total. The molecule has 0 bridgehead atoms. The fraction of sp³-hybridized carbons (Fsp3) is 0.261. The summed E-state index contributed by atoms with van der Waals surface area (Å²) in [7, 11) is 0. The van der Waals surface area contributed by atoms with Crippen molar-refractivity contribution in [3.8, 4) is 11.4 Å². The summed E-state index contributed by atoms with van der Waals surface area (Å²) in [5.74, 6) is -0.109. The van der Waals surface area contributed by atoms with E-state index >= 15 is 0 Å². The highest BCUT2D eigenvalue weighted by atomic mass is 19.1. The van der Waals surface area contributed by atoms with E-state index in [2.05, 4.69) is 24.1 Å². The summed E-state index contributed by atoms with van der Waals surface area (Å²) in [5.41, 5.74) is 2.52. The molecule has 29 heavy (non-hydrogen) atoms. The molecule has 3 aromatic rings. The van der Waals surface area contributed by atoms with E-state index in [1.165, 1.54) is 28.3 Å². The van der Waals surface area contributed by atoms with Crippen LogP contribution in [0.1, 0.15) is 37.9 Å². The number of benzene rings is 2. The highest BCUT2D eigenvalue weighted by Crippen LogP contribution is 2.19. The molecule has 5 nitrogen and oxygen atoms in total. The number of amides is 1. The Labute approximate surface area is 169 Å². The molecule has 1 amide bonds. The molecule has 0 fully saturated rings. The van der Waals surface area contributed by atoms with Crippen LogP contribution >= 0.6 is 0 Å². The zero-order chi connectivity index (χ0) is 21.0. The minimum Gasteiger partial charge on any atom is -0.325 e. The summed E-state index contributed by atoms with van der Waals surface area (Å²) in [6, 6.07) is 14.9. The van der Waals surface area contributed by atoms with E-state index in [1.54, 1.807) is 12.1 Å². The van der Waals surface area contributed by atoms with E-state index in [-0.39, 0.29) is 23.8 Å². The summed E-state index contributed by atoms with van der Waals surface area (Å²) < 4.78 is 15.0. The molecule has 3 rings (SSSR count). The Hall–Kier alpha value is -3.28. The van der Waals surface area contributed by atoms with Gasteiger partial charge in [-0.1, -0.05) is 45.0 Å². The Morgan fingerprint density at radius 3 is 2.48 bits per heavy atom. The second-order valence-corrected chi connectivity index (χ2v) is 7.18. The molecule has 150 valence electrons. The molecular weight excluding hydrogens is 369 g/mol. The Morgan fingerprint density at radius 2 is 1.86 bits per heavy atom. The van der Waals surface area contributed by atoms with Gasteiger partial charge < -0.3 is 5.32 Å². The first-order valence-corrected chi connectivity index (χ1v) is 9.64. The summed E-state index contributed by atoms with van der Waals surface area (Å²) in [6.45, 7) is 5.87. The van der Waals surface area contributed by atoms with Gasteiger partial charge in [-0.05, 0) is 42.2 Å². The van der Waals surface area contributed by atoms with Crippen LogP contribution in [0.4, 0.5) is 10.1 Å². The van der Waals surface area contributed by atoms with Crippen LogP contribution in [0.15, 0.2) is 59.4 Å². The lowest BCUT2D eigenvalue weighted by Crippen LogP contribution is -2.30. The predicted octanol–water partition coefficient (Wildman–Crippen LogP) is 4.37. The van der Waals surface area contributed by atoms with Crippen LogP contribution in [0.5, 0.6) is 0 Å². The molecule has 6 heteroatoms. The minimum atomic E-state index is -0.431. The van der Waals surface area contributed by atoms with Crippen molar-refractivity contribution in [3.05, 3.63) is 82.0 Å². The molecule has 0 atom stereocenters. The van der Waals surface area contributed by atoms with Gasteiger partial charge in [0.25, 0.3) is 5.56 Å². The first-order chi connectivity index (χ1) is 13.9. The molecule has 0 saturated carbocycles. The zero-order valence-electron chi connectivity index (χ0n) is 16.8. The highest BCUT2D eigenvalue weighted by molar-refractivity contribution is 5.90. The summed E-state index contributed by atoms with van der Waals surface area (Å²) in [4.78, 5) is 29.7. The van der Waals surface area contributed by atoms with Crippen molar-refractivity contribution in [2.75, 3.05) is 5.32 Å². The van der Waals surface area contributed by atoms with Crippen LogP contribution < -0.4 is 10.9 Å². The van der Waals surface area contributed by atoms with Gasteiger partial charge in [-0.3, -0.25) is 14.2 Å². The number of halogens is 1. The maximum atomic E-state index is 13.7. The van der Waals surface area contributed by atoms with Gasteiger partial charge in [-0.2, -0.15) is 0 Å². The smallest absolute Gasteiger partial charge is 0.254 e. The molecule has 1 aromatic heterocycles. The Bertz CT molecular complexity index is 1070. The largest absolute Gasteiger partial charge is 0.325 e. The lowest BCUT2D eigenvalue weighted by Gasteiger charge is -2.14. The fourth-order valence-electron chi connectivity index (χ4n) is 3.03. The minimum absolute atomic E-state index is 0.215. The third kappa shape index (κ3) is 4.96. The van der Waals surface area contributed by atoms with Gasteiger partial charge in [0.15, 0.2) is 0 Å². The monoisotopic (exact) mass is 393 g/mol. The average molecular weight is 393 g/mol. The molecular formula is C23H24FN3O2. The van der Waals surface area contributed by atoms with Gasteiger partial charge in [0.05, 0.1) is 0 Å². The summed E-state index contributed by atoms with van der Waals surface area (Å²) >= 11 is 0. The third-order valence-corrected chi connectivity index (χ3v) is 4.67. The van der Waals surface area contributed by atoms with E-state index in [1.807, 2.05) is 31.2 Å². The Morgan fingerprint density at radius 1 is 1.14 bits per heavy atom. The first-order valence-electron chi connectivity index (χ1n) is 9.64. The van der Waals surface area contributed by atoms with Crippen molar-refractivity contribution in [1.82, 2.24) is 9.55 Å². The van der Waals surface area contributed by atoms with Gasteiger partial charge in [-0.25, -0.2) is 9.37 Å². The van der Waals surface area contributed by atoms with Crippen molar-refractivity contribution in [1.29, 1.82) is 0 Å². The number of nitrogens with one attached hydrogen (secondary N) is 1. The lowest BCUT2D eigenvalue weighted by atomic mass is 10.0. The maximum Gasteiger partial charge on any atom is 0.254 e. The number of carbonyl (C=O) groups is 1. The molecule has 0 unspecified atom stereocenters. The zero-order valence-corrected chi connectivity index (χ0v) is 16.8. The summed E-state index contributed by atoms with van der Waals surface area (Å²) in [5, 5.41) is 2.80. The number of nitrogens with zero attached hydrogens (tertiary/aromatic N) is 2. The van der Waals surface area contributed by atoms with Crippen molar-refractivity contribution >= 4 is 11.6 Å². The number of hydrogen-bond acceptors (Lipinski definition) is 3. The van der Waals surface area contributed by atoms with Gasteiger partial charge in [-0.15, -0.1) is 0 Å². The number of carbonyl (C=O) groups excluding carboxylic acids is 1. The number of rotatable bonds is 6. The van der Waals surface area contributed by atoms with Gasteiger partial charge >= 0.3 is 0 Å². The Kier molecular flexibility index (Phi) is 6.22. The number of aryl methyl sites for hydroxylation is 1. The number of aromatic nitrogens is 2. The van der Waals surface area contributed by atoms with Crippen molar-refractivity contribution < 1.29 is 9.18 Å². The van der Waals surface area contributed by atoms with Crippen LogP contribution in [0.3, 0.4) is 0 Å². The third-order valence-electron chi connectivity index (χ3n) is 4.67. The topological polar surface area (TPSA) is 64.0 Å². The second-order valence-electron chi connectivity index (χ2n) is 7.18. The van der Waals surface area contributed by atoms with Crippen LogP contribution in [-0.2, 0) is 17.8 Å². The molecule has 0 aliphatic rings. The molecule has 0 aliphatic carbocycles. The van der Waals surface area contributed by atoms with Gasteiger partial charge in [0.1, 0.15) is 18.2 Å². The average Bonchev–Trinajstić information content (AvgIpc) is 2.69. The molecule has 0 radical (unpaired) electrons. The van der Waals surface area contributed by atoms with Gasteiger partial charge in [0.2, 0.25) is 5.91 Å². The van der Waals surface area contributed by atoms with E-state index in [0.29, 0.717) is 29.3 Å². The highest BCUT2D eigenvalue weighted by Gasteiger charge is 2.14. The molecule has 2 aromatic carbocycles. The number of hydrogen-bond donors (Lipinski definition) is 1. The van der Waals surface area contributed by atoms with Crippen molar-refractivity contribution in [2.45, 2.75) is 39.7 Å². The van der Waals surface area contributed by atoms with E-state index in [0.717, 1.165) is 0 Å². The SMILES string of the molecule is CCc1cc(=O)n(CC(=O)Nc2ccc(C(C)C)cc2)c(-c2cccc(F)c2)n1. The summed E-state index contributed by atoms with van der Waals surface area (Å²) in [6.07, 6.45) is 0.562. The Balaban J connectivity index is 1.89. The van der Waals surface area contributed by atoms with Crippen LogP contribution in [0, 0.1) is 5.82 Å². The van der Waals surface area contributed by atoms with E-state index in [4.69, 9.17) is 0 Å². The molecule has 0 saturated heterocycles. The van der Waals surface area contributed by atoms with Crippen LogP contribution in [0.2, 0.25) is 0 Å². The standard InChI is InChI=1S/C23H24FN3O2/c1-4-19-13-22(29)27(23(26-19)17-6-5-7-18(24)12-17)14-21(28)25-20-10-8-16(9-11-20)15(2)3/h5-13,15H,4,14H2,1-3H3,(H,25,28). The van der Waals surface area contributed by atoms with Crippen LogP contribution in [0.25, 0.3) is 11.4 Å². The maximum absolute atomic E-state index is 13.7. The molecule has 1 heterocycles. The molecule has 0 spiro atoms. The van der Waals surface area contributed by atoms with E-state index < -0.39 is 5.82 Å². The normalized spacial score (nSPS) is 10.9. The molecule has 0 aliphatic heterocycles. The van der Waals surface area contributed by atoms with Crippen molar-refractivity contribution in [2.24, 2.45) is 0 Å². The quantitative estimate of drug-likeness (QED) is 0.676. The number of anilines is 1. The fourth-order valence-corrected chi connectivity index (χ4v) is 3.03. The predicted molar refractivity (Wildman–Crippen MR) is 112 cm³/mol. The van der Waals surface area contributed by atoms with Crippen LogP contribution in [-0.4, -0.2) is 15.5 Å². The second kappa shape index (κ2) is 8.82.